The summed E-state index contributed by atoms with van der Waals surface area (Å²) < 4.78 is 14.1. The van der Waals surface area contributed by atoms with E-state index >= 15 is 0 Å². The number of hydrogen-bond acceptors (Lipinski definition) is 5. The van der Waals surface area contributed by atoms with E-state index in [1.54, 1.807) is 24.3 Å². The van der Waals surface area contributed by atoms with Crippen molar-refractivity contribution < 1.29 is 9.18 Å². The molecule has 1 aliphatic rings. The lowest BCUT2D eigenvalue weighted by atomic mass is 10.2. The predicted molar refractivity (Wildman–Crippen MR) is 86.7 cm³/mol. The molecular formula is C16H15FN6O. The van der Waals surface area contributed by atoms with Crippen molar-refractivity contribution in [1.29, 1.82) is 0 Å². The van der Waals surface area contributed by atoms with Crippen molar-refractivity contribution in [3.63, 3.8) is 0 Å². The molecule has 0 saturated carbocycles. The summed E-state index contributed by atoms with van der Waals surface area (Å²) in [5.41, 5.74) is 1.44. The molecule has 1 saturated heterocycles. The number of nitrogens with one attached hydrogen (secondary N) is 2. The molecule has 0 aliphatic carbocycles. The van der Waals surface area contributed by atoms with Crippen molar-refractivity contribution in [2.24, 2.45) is 0 Å². The fourth-order valence-electron chi connectivity index (χ4n) is 2.86. The molecule has 8 heteroatoms. The number of pyridine rings is 1. The van der Waals surface area contributed by atoms with Gasteiger partial charge in [-0.2, -0.15) is 0 Å². The van der Waals surface area contributed by atoms with Gasteiger partial charge in [0.25, 0.3) is 0 Å². The Labute approximate surface area is 136 Å². The van der Waals surface area contributed by atoms with Gasteiger partial charge in [-0.15, -0.1) is 0 Å². The van der Waals surface area contributed by atoms with Gasteiger partial charge in [0.05, 0.1) is 6.20 Å². The van der Waals surface area contributed by atoms with E-state index in [0.29, 0.717) is 24.4 Å². The van der Waals surface area contributed by atoms with Gasteiger partial charge in [0.1, 0.15) is 11.7 Å². The molecule has 7 nitrogen and oxygen atoms in total. The smallest absolute Gasteiger partial charge is 0.244 e. The average Bonchev–Trinajstić information content (AvgIpc) is 3.15. The zero-order valence-corrected chi connectivity index (χ0v) is 13.0. The van der Waals surface area contributed by atoms with Crippen LogP contribution in [0.1, 0.15) is 6.42 Å². The zero-order valence-electron chi connectivity index (χ0n) is 13.0. The number of nitrogens with zero attached hydrogens (tertiary/aromatic N) is 4. The van der Waals surface area contributed by atoms with Gasteiger partial charge in [-0.05, 0) is 18.6 Å². The summed E-state index contributed by atoms with van der Waals surface area (Å²) in [4.78, 5) is 29.2. The number of likely N-dealkylation sites (tertiary alicyclic amines) is 1. The number of rotatable bonds is 3. The minimum absolute atomic E-state index is 0.0342. The second kappa shape index (κ2) is 5.55. The molecule has 1 amide bonds. The molecule has 1 atom stereocenters. The summed E-state index contributed by atoms with van der Waals surface area (Å²) >= 11 is 0. The maximum Gasteiger partial charge on any atom is 0.244 e. The highest BCUT2D eigenvalue weighted by Crippen LogP contribution is 2.26. The second-order valence-electron chi connectivity index (χ2n) is 5.74. The van der Waals surface area contributed by atoms with E-state index in [0.717, 1.165) is 17.1 Å². The standard InChI is InChI=1S/C16H15FN6O/c1-23-6-4-12(16(23)24)21-15-11(17)8-20-14(22-15)10-7-19-13-9(10)3-2-5-18-13/h2-3,5,7-8,12H,4,6H2,1H3,(H,18,19)(H,20,21,22). The van der Waals surface area contributed by atoms with E-state index in [1.807, 2.05) is 12.1 Å². The lowest BCUT2D eigenvalue weighted by molar-refractivity contribution is -0.127. The Hall–Kier alpha value is -3.03. The van der Waals surface area contributed by atoms with Crippen LogP contribution in [-0.4, -0.2) is 50.4 Å². The molecule has 2 N–H and O–H groups in total. The second-order valence-corrected chi connectivity index (χ2v) is 5.74. The Bertz CT molecular complexity index is 924. The molecule has 4 rings (SSSR count). The van der Waals surface area contributed by atoms with Gasteiger partial charge in [-0.1, -0.05) is 0 Å². The monoisotopic (exact) mass is 326 g/mol. The van der Waals surface area contributed by atoms with Crippen LogP contribution in [0.5, 0.6) is 0 Å². The Balaban J connectivity index is 1.70. The number of fused-ring (bicyclic) bond motifs is 1. The van der Waals surface area contributed by atoms with E-state index in [1.165, 1.54) is 0 Å². The van der Waals surface area contributed by atoms with Crippen molar-refractivity contribution >= 4 is 22.8 Å². The third kappa shape index (κ3) is 2.36. The molecule has 3 aromatic rings. The Morgan fingerprint density at radius 2 is 2.29 bits per heavy atom. The topological polar surface area (TPSA) is 86.8 Å². The Morgan fingerprint density at radius 3 is 3.08 bits per heavy atom. The van der Waals surface area contributed by atoms with Gasteiger partial charge in [-0.25, -0.2) is 19.3 Å². The van der Waals surface area contributed by atoms with Crippen molar-refractivity contribution in [3.05, 3.63) is 36.5 Å². The summed E-state index contributed by atoms with van der Waals surface area (Å²) in [6.07, 6.45) is 5.15. The van der Waals surface area contributed by atoms with Crippen LogP contribution in [0.3, 0.4) is 0 Å². The third-order valence-corrected chi connectivity index (χ3v) is 4.17. The maximum atomic E-state index is 14.1. The quantitative estimate of drug-likeness (QED) is 0.766. The molecule has 0 spiro atoms. The van der Waals surface area contributed by atoms with Crippen LogP contribution in [0.15, 0.2) is 30.7 Å². The highest BCUT2D eigenvalue weighted by atomic mass is 19.1. The van der Waals surface area contributed by atoms with E-state index < -0.39 is 11.9 Å². The van der Waals surface area contributed by atoms with Gasteiger partial charge in [-0.3, -0.25) is 4.79 Å². The van der Waals surface area contributed by atoms with Gasteiger partial charge >= 0.3 is 0 Å². The van der Waals surface area contributed by atoms with E-state index in [-0.39, 0.29) is 11.7 Å². The minimum Gasteiger partial charge on any atom is -0.356 e. The molecular weight excluding hydrogens is 311 g/mol. The fourth-order valence-corrected chi connectivity index (χ4v) is 2.86. The molecule has 1 aliphatic heterocycles. The van der Waals surface area contributed by atoms with Crippen molar-refractivity contribution in [3.8, 4) is 11.4 Å². The highest BCUT2D eigenvalue weighted by molar-refractivity contribution is 5.91. The number of carbonyl (C=O) groups is 1. The van der Waals surface area contributed by atoms with Crippen molar-refractivity contribution in [1.82, 2.24) is 24.8 Å². The number of likely N-dealkylation sites (N-methyl/N-ethyl adjacent to an activating group) is 1. The molecule has 1 fully saturated rings. The van der Waals surface area contributed by atoms with E-state index in [2.05, 4.69) is 25.3 Å². The van der Waals surface area contributed by atoms with Crippen molar-refractivity contribution in [2.45, 2.75) is 12.5 Å². The molecule has 3 aromatic heterocycles. The molecule has 4 heterocycles. The van der Waals surface area contributed by atoms with Gasteiger partial charge in [0.2, 0.25) is 5.91 Å². The molecule has 0 radical (unpaired) electrons. The summed E-state index contributed by atoms with van der Waals surface area (Å²) in [6.45, 7) is 0.643. The summed E-state index contributed by atoms with van der Waals surface area (Å²) in [5, 5.41) is 3.75. The fraction of sp³-hybridized carbons (Fsp3) is 0.250. The Morgan fingerprint density at radius 1 is 1.42 bits per heavy atom. The minimum atomic E-state index is -0.584. The average molecular weight is 326 g/mol. The molecule has 0 aromatic carbocycles. The van der Waals surface area contributed by atoms with Gasteiger partial charge in [0.15, 0.2) is 17.5 Å². The molecule has 122 valence electrons. The maximum absolute atomic E-state index is 14.1. The lowest BCUT2D eigenvalue weighted by Crippen LogP contribution is -2.31. The molecule has 0 bridgehead atoms. The number of H-pyrrole nitrogens is 1. The third-order valence-electron chi connectivity index (χ3n) is 4.17. The van der Waals surface area contributed by atoms with Crippen LogP contribution in [-0.2, 0) is 4.79 Å². The molecule has 1 unspecified atom stereocenters. The van der Waals surface area contributed by atoms with Crippen LogP contribution in [0, 0.1) is 5.82 Å². The number of carbonyl (C=O) groups excluding carboxylic acids is 1. The summed E-state index contributed by atoms with van der Waals surface area (Å²) in [6, 6.07) is 3.25. The Kier molecular flexibility index (Phi) is 3.37. The summed E-state index contributed by atoms with van der Waals surface area (Å²) in [5.74, 6) is -0.242. The van der Waals surface area contributed by atoms with Crippen LogP contribution in [0.25, 0.3) is 22.4 Å². The lowest BCUT2D eigenvalue weighted by Gasteiger charge is -2.13. The summed E-state index contributed by atoms with van der Waals surface area (Å²) in [7, 11) is 1.73. The van der Waals surface area contributed by atoms with Crippen LogP contribution in [0.4, 0.5) is 10.2 Å². The van der Waals surface area contributed by atoms with Crippen LogP contribution < -0.4 is 5.32 Å². The first kappa shape index (κ1) is 14.6. The number of amides is 1. The number of aromatic amines is 1. The number of aromatic nitrogens is 4. The predicted octanol–water partition coefficient (Wildman–Crippen LogP) is 1.80. The number of anilines is 1. The first-order chi connectivity index (χ1) is 11.6. The van der Waals surface area contributed by atoms with E-state index in [4.69, 9.17) is 0 Å². The van der Waals surface area contributed by atoms with Crippen LogP contribution >= 0.6 is 0 Å². The van der Waals surface area contributed by atoms with Gasteiger partial charge in [0, 0.05) is 36.9 Å². The van der Waals surface area contributed by atoms with Crippen molar-refractivity contribution in [2.75, 3.05) is 18.9 Å². The molecule has 24 heavy (non-hydrogen) atoms. The normalized spacial score (nSPS) is 17.7. The number of hydrogen-bond donors (Lipinski definition) is 2. The SMILES string of the molecule is CN1CCC(Nc2nc(-c3c[nH]c4ncccc34)ncc2F)C1=O. The first-order valence-corrected chi connectivity index (χ1v) is 7.60. The van der Waals surface area contributed by atoms with Crippen LogP contribution in [0.2, 0.25) is 0 Å². The zero-order chi connectivity index (χ0) is 16.7. The number of halogens is 1. The highest BCUT2D eigenvalue weighted by Gasteiger charge is 2.30. The largest absolute Gasteiger partial charge is 0.356 e. The van der Waals surface area contributed by atoms with E-state index in [9.17, 15) is 9.18 Å². The first-order valence-electron chi connectivity index (χ1n) is 7.60. The van der Waals surface area contributed by atoms with Gasteiger partial charge < -0.3 is 15.2 Å².